The molecule has 3 aliphatic rings. The fourth-order valence-electron chi connectivity index (χ4n) is 4.87. The molecule has 0 aromatic heterocycles. The number of hydrogen-bond donors (Lipinski definition) is 1. The minimum absolute atomic E-state index is 0.00471. The average molecular weight is 436 g/mol. The molecule has 2 aromatic rings. The monoisotopic (exact) mass is 435 g/mol. The predicted molar refractivity (Wildman–Crippen MR) is 114 cm³/mol. The van der Waals surface area contributed by atoms with Gasteiger partial charge in [-0.3, -0.25) is 0 Å². The van der Waals surface area contributed by atoms with E-state index in [0.29, 0.717) is 10.8 Å². The summed E-state index contributed by atoms with van der Waals surface area (Å²) >= 11 is 7.67. The van der Waals surface area contributed by atoms with E-state index in [1.165, 1.54) is 44.2 Å². The van der Waals surface area contributed by atoms with Crippen molar-refractivity contribution in [3.05, 3.63) is 46.5 Å². The van der Waals surface area contributed by atoms with Gasteiger partial charge in [-0.05, 0) is 55.6 Å². The van der Waals surface area contributed by atoms with E-state index in [2.05, 4.69) is 5.32 Å². The van der Waals surface area contributed by atoms with E-state index in [0.717, 1.165) is 35.7 Å². The van der Waals surface area contributed by atoms with Gasteiger partial charge in [0.2, 0.25) is 0 Å². The van der Waals surface area contributed by atoms with Crippen molar-refractivity contribution < 1.29 is 13.5 Å². The van der Waals surface area contributed by atoms with Gasteiger partial charge in [-0.1, -0.05) is 30.9 Å². The van der Waals surface area contributed by atoms with E-state index in [-0.39, 0.29) is 22.6 Å². The number of piperidine rings is 1. The predicted octanol–water partition coefficient (Wildman–Crippen LogP) is 6.55. The first-order valence-corrected chi connectivity index (χ1v) is 11.7. The van der Waals surface area contributed by atoms with Crippen LogP contribution in [-0.2, 0) is 0 Å². The molecule has 29 heavy (non-hydrogen) atoms. The highest BCUT2D eigenvalue weighted by molar-refractivity contribution is 8.00. The van der Waals surface area contributed by atoms with Crippen LogP contribution in [-0.4, -0.2) is 24.4 Å². The molecule has 2 atom stereocenters. The molecule has 5 rings (SSSR count). The Bertz CT molecular complexity index is 908. The van der Waals surface area contributed by atoms with Crippen LogP contribution in [0.25, 0.3) is 11.1 Å². The summed E-state index contributed by atoms with van der Waals surface area (Å²) in [5.74, 6) is -0.0952. The molecule has 0 radical (unpaired) electrons. The molecule has 2 unspecified atom stereocenters. The Kier molecular flexibility index (Phi) is 5.48. The summed E-state index contributed by atoms with van der Waals surface area (Å²) in [4.78, 5) is 1.02. The van der Waals surface area contributed by atoms with Gasteiger partial charge in [0, 0.05) is 28.3 Å². The van der Waals surface area contributed by atoms with Crippen LogP contribution in [0.4, 0.5) is 8.78 Å². The van der Waals surface area contributed by atoms with Crippen molar-refractivity contribution >= 4 is 23.4 Å². The van der Waals surface area contributed by atoms with Crippen LogP contribution in [0.3, 0.4) is 0 Å². The van der Waals surface area contributed by atoms with Gasteiger partial charge in [0.1, 0.15) is 23.5 Å². The highest BCUT2D eigenvalue weighted by atomic mass is 35.5. The number of halogens is 3. The third-order valence-corrected chi connectivity index (χ3v) is 7.89. The van der Waals surface area contributed by atoms with Crippen molar-refractivity contribution in [1.29, 1.82) is 0 Å². The van der Waals surface area contributed by atoms with E-state index in [9.17, 15) is 8.78 Å². The third kappa shape index (κ3) is 3.77. The van der Waals surface area contributed by atoms with Crippen LogP contribution in [0.5, 0.6) is 5.75 Å². The van der Waals surface area contributed by atoms with Crippen LogP contribution in [0.15, 0.2) is 29.2 Å². The van der Waals surface area contributed by atoms with Crippen molar-refractivity contribution in [2.75, 3.05) is 13.1 Å². The Balaban J connectivity index is 1.60. The van der Waals surface area contributed by atoms with Crippen LogP contribution in [0.1, 0.15) is 50.0 Å². The largest absolute Gasteiger partial charge is 0.488 e. The molecule has 1 N–H and O–H groups in total. The van der Waals surface area contributed by atoms with E-state index >= 15 is 0 Å². The first kappa shape index (κ1) is 19.7. The lowest BCUT2D eigenvalue weighted by molar-refractivity contribution is 0.169. The number of fused-ring (bicyclic) bond motifs is 3. The molecule has 154 valence electrons. The number of thioether (sulfide) groups is 1. The summed E-state index contributed by atoms with van der Waals surface area (Å²) < 4.78 is 35.8. The molecule has 0 amide bonds. The van der Waals surface area contributed by atoms with Crippen molar-refractivity contribution in [2.45, 2.75) is 60.7 Å². The maximum Gasteiger partial charge on any atom is 0.137 e. The second kappa shape index (κ2) is 8.09. The SMILES string of the molecule is Fc1cc(Cl)cc(F)c1-c1cc(SC2CCCCC2)c2c(c1)C1CNCCC1O2. The van der Waals surface area contributed by atoms with Crippen molar-refractivity contribution in [3.8, 4) is 16.9 Å². The molecule has 1 saturated heterocycles. The lowest BCUT2D eigenvalue weighted by Gasteiger charge is -2.25. The Labute approximate surface area is 179 Å². The first-order valence-electron chi connectivity index (χ1n) is 10.5. The summed E-state index contributed by atoms with van der Waals surface area (Å²) in [7, 11) is 0. The standard InChI is InChI=1S/C23H24ClF2NOS/c24-14-10-18(25)22(19(26)11-14)13-8-16-17-12-27-7-6-20(17)28-23(16)21(9-13)29-15-4-2-1-3-5-15/h8-11,15,17,20,27H,1-7,12H2. The summed E-state index contributed by atoms with van der Waals surface area (Å²) in [6.07, 6.45) is 7.25. The minimum Gasteiger partial charge on any atom is -0.488 e. The molecular formula is C23H24ClF2NOS. The molecule has 1 saturated carbocycles. The van der Waals surface area contributed by atoms with Gasteiger partial charge in [0.15, 0.2) is 0 Å². The quantitative estimate of drug-likeness (QED) is 0.590. The zero-order chi connectivity index (χ0) is 20.0. The summed E-state index contributed by atoms with van der Waals surface area (Å²) in [6, 6.07) is 6.21. The number of hydrogen-bond acceptors (Lipinski definition) is 3. The summed E-state index contributed by atoms with van der Waals surface area (Å²) in [5, 5.41) is 4.04. The molecule has 2 aromatic carbocycles. The normalized spacial score (nSPS) is 24.1. The molecule has 0 bridgehead atoms. The fourth-order valence-corrected chi connectivity index (χ4v) is 6.46. The van der Waals surface area contributed by atoms with E-state index < -0.39 is 11.6 Å². The van der Waals surface area contributed by atoms with Gasteiger partial charge < -0.3 is 10.1 Å². The molecule has 2 fully saturated rings. The number of benzene rings is 2. The Morgan fingerprint density at radius 1 is 1.00 bits per heavy atom. The molecule has 1 aliphatic carbocycles. The molecule has 6 heteroatoms. The lowest BCUT2D eigenvalue weighted by Crippen LogP contribution is -2.37. The van der Waals surface area contributed by atoms with E-state index in [1.807, 2.05) is 23.9 Å². The second-order valence-corrected chi connectivity index (χ2v) is 10.0. The van der Waals surface area contributed by atoms with Crippen molar-refractivity contribution in [3.63, 3.8) is 0 Å². The fraction of sp³-hybridized carbons (Fsp3) is 0.478. The number of nitrogens with one attached hydrogen (secondary N) is 1. The Morgan fingerprint density at radius 2 is 1.76 bits per heavy atom. The Morgan fingerprint density at radius 3 is 2.52 bits per heavy atom. The maximum atomic E-state index is 14.7. The van der Waals surface area contributed by atoms with E-state index in [4.69, 9.17) is 16.3 Å². The second-order valence-electron chi connectivity index (χ2n) is 8.27. The van der Waals surface area contributed by atoms with Gasteiger partial charge in [0.25, 0.3) is 0 Å². The van der Waals surface area contributed by atoms with E-state index in [1.54, 1.807) is 0 Å². The smallest absolute Gasteiger partial charge is 0.137 e. The average Bonchev–Trinajstić information content (AvgIpc) is 3.07. The summed E-state index contributed by atoms with van der Waals surface area (Å²) in [6.45, 7) is 1.77. The van der Waals surface area contributed by atoms with Gasteiger partial charge in [-0.2, -0.15) is 0 Å². The minimum atomic E-state index is -0.624. The van der Waals surface area contributed by atoms with Gasteiger partial charge >= 0.3 is 0 Å². The summed E-state index contributed by atoms with van der Waals surface area (Å²) in [5.41, 5.74) is 1.64. The zero-order valence-corrected chi connectivity index (χ0v) is 17.7. The van der Waals surface area contributed by atoms with Crippen LogP contribution >= 0.6 is 23.4 Å². The molecule has 2 aliphatic heterocycles. The van der Waals surface area contributed by atoms with Crippen LogP contribution in [0.2, 0.25) is 5.02 Å². The maximum absolute atomic E-state index is 14.7. The zero-order valence-electron chi connectivity index (χ0n) is 16.1. The number of ether oxygens (including phenoxy) is 1. The van der Waals surface area contributed by atoms with Gasteiger partial charge in [0.05, 0.1) is 10.5 Å². The van der Waals surface area contributed by atoms with Crippen molar-refractivity contribution in [1.82, 2.24) is 5.32 Å². The van der Waals surface area contributed by atoms with Gasteiger partial charge in [-0.25, -0.2) is 8.78 Å². The highest BCUT2D eigenvalue weighted by Crippen LogP contribution is 2.50. The third-order valence-electron chi connectivity index (χ3n) is 6.31. The first-order chi connectivity index (χ1) is 14.1. The molecule has 2 heterocycles. The molecular weight excluding hydrogens is 412 g/mol. The van der Waals surface area contributed by atoms with Crippen LogP contribution < -0.4 is 10.1 Å². The van der Waals surface area contributed by atoms with Gasteiger partial charge in [-0.15, -0.1) is 11.8 Å². The number of rotatable bonds is 3. The highest BCUT2D eigenvalue weighted by Gasteiger charge is 2.38. The van der Waals surface area contributed by atoms with Crippen LogP contribution in [0, 0.1) is 11.6 Å². The lowest BCUT2D eigenvalue weighted by atomic mass is 9.89. The Hall–Kier alpha value is -1.30. The molecule has 0 spiro atoms. The topological polar surface area (TPSA) is 21.3 Å². The molecule has 2 nitrogen and oxygen atoms in total. The van der Waals surface area contributed by atoms with Crippen molar-refractivity contribution in [2.24, 2.45) is 0 Å².